The van der Waals surface area contributed by atoms with Crippen LogP contribution >= 0.6 is 0 Å². The number of amides is 1. The predicted octanol–water partition coefficient (Wildman–Crippen LogP) is 2.66. The summed E-state index contributed by atoms with van der Waals surface area (Å²) in [5.74, 6) is 0.0919. The number of hydrogen-bond acceptors (Lipinski definition) is 4. The molecule has 0 bridgehead atoms. The Bertz CT molecular complexity index is 1520. The smallest absolute Gasteiger partial charge is 0.329 e. The number of aromatic nitrogens is 4. The van der Waals surface area contributed by atoms with Crippen LogP contribution < -0.4 is 11.2 Å². The number of nitrogens with one attached hydrogen (secondary N) is 2. The molecule has 0 radical (unpaired) electrons. The maximum Gasteiger partial charge on any atom is 0.329 e. The molecule has 1 aliphatic carbocycles. The van der Waals surface area contributed by atoms with Crippen molar-refractivity contribution < 1.29 is 4.79 Å². The third-order valence-corrected chi connectivity index (χ3v) is 6.68. The number of aryl methyl sites for hydroxylation is 1. The highest BCUT2D eigenvalue weighted by atomic mass is 16.2. The Hall–Kier alpha value is -3.68. The summed E-state index contributed by atoms with van der Waals surface area (Å²) in [6, 6.07) is 9.87. The van der Waals surface area contributed by atoms with Gasteiger partial charge in [0, 0.05) is 59.8 Å². The van der Waals surface area contributed by atoms with Gasteiger partial charge in [-0.05, 0) is 31.9 Å². The van der Waals surface area contributed by atoms with Gasteiger partial charge in [0.2, 0.25) is 0 Å². The molecular formula is C24H23N5O3. The van der Waals surface area contributed by atoms with E-state index in [0.717, 1.165) is 47.1 Å². The Morgan fingerprint density at radius 1 is 1.19 bits per heavy atom. The van der Waals surface area contributed by atoms with Crippen LogP contribution in [0.15, 0.2) is 39.9 Å². The van der Waals surface area contributed by atoms with Crippen LogP contribution in [0.2, 0.25) is 0 Å². The molecule has 6 rings (SSSR count). The molecule has 8 heteroatoms. The summed E-state index contributed by atoms with van der Waals surface area (Å²) in [4.78, 5) is 51.2. The topological polar surface area (TPSA) is 104 Å². The van der Waals surface area contributed by atoms with Crippen molar-refractivity contribution in [1.82, 2.24) is 24.4 Å². The first-order chi connectivity index (χ1) is 15.5. The van der Waals surface area contributed by atoms with Crippen molar-refractivity contribution in [3.8, 4) is 0 Å². The third kappa shape index (κ3) is 2.82. The molecule has 4 heterocycles. The lowest BCUT2D eigenvalue weighted by Crippen LogP contribution is -2.37. The SMILES string of the molecule is CCn1c(=O)[nH]c(=O)c2c(C(=O)N3CCc4[nH]c5ccccc5c4C3)cc(C3CC3)nc21. The van der Waals surface area contributed by atoms with Crippen LogP contribution in [0, 0.1) is 0 Å². The van der Waals surface area contributed by atoms with Crippen LogP contribution in [-0.4, -0.2) is 36.9 Å². The van der Waals surface area contributed by atoms with Gasteiger partial charge in [0.15, 0.2) is 5.65 Å². The van der Waals surface area contributed by atoms with Crippen LogP contribution in [0.3, 0.4) is 0 Å². The molecule has 1 aromatic carbocycles. The summed E-state index contributed by atoms with van der Waals surface area (Å²) in [7, 11) is 0. The lowest BCUT2D eigenvalue weighted by atomic mass is 10.0. The van der Waals surface area contributed by atoms with Gasteiger partial charge in [-0.3, -0.25) is 19.1 Å². The average molecular weight is 429 g/mol. The second-order valence-corrected chi connectivity index (χ2v) is 8.68. The van der Waals surface area contributed by atoms with E-state index in [0.29, 0.717) is 30.8 Å². The Balaban J connectivity index is 1.50. The lowest BCUT2D eigenvalue weighted by Gasteiger charge is -2.28. The fraction of sp³-hybridized carbons (Fsp3) is 0.333. The van der Waals surface area contributed by atoms with E-state index < -0.39 is 11.2 Å². The van der Waals surface area contributed by atoms with Gasteiger partial charge in [0.25, 0.3) is 11.5 Å². The summed E-state index contributed by atoms with van der Waals surface area (Å²) in [6.45, 7) is 3.23. The zero-order valence-electron chi connectivity index (χ0n) is 17.8. The van der Waals surface area contributed by atoms with Gasteiger partial charge in [-0.1, -0.05) is 18.2 Å². The zero-order chi connectivity index (χ0) is 22.0. The summed E-state index contributed by atoms with van der Waals surface area (Å²) in [5, 5.41) is 1.32. The van der Waals surface area contributed by atoms with Gasteiger partial charge in [-0.15, -0.1) is 0 Å². The van der Waals surface area contributed by atoms with Gasteiger partial charge >= 0.3 is 5.69 Å². The Kier molecular flexibility index (Phi) is 4.11. The fourth-order valence-corrected chi connectivity index (χ4v) is 4.85. The molecule has 1 fully saturated rings. The van der Waals surface area contributed by atoms with E-state index in [-0.39, 0.29) is 17.2 Å². The summed E-state index contributed by atoms with van der Waals surface area (Å²) < 4.78 is 1.44. The number of H-pyrrole nitrogens is 2. The quantitative estimate of drug-likeness (QED) is 0.522. The van der Waals surface area contributed by atoms with E-state index in [1.807, 2.05) is 25.1 Å². The molecule has 162 valence electrons. The number of rotatable bonds is 3. The summed E-state index contributed by atoms with van der Waals surface area (Å²) >= 11 is 0. The van der Waals surface area contributed by atoms with Crippen molar-refractivity contribution in [3.63, 3.8) is 0 Å². The Labute approximate surface area is 182 Å². The predicted molar refractivity (Wildman–Crippen MR) is 121 cm³/mol. The second-order valence-electron chi connectivity index (χ2n) is 8.68. The van der Waals surface area contributed by atoms with E-state index >= 15 is 0 Å². The second kappa shape index (κ2) is 6.91. The molecule has 1 amide bonds. The van der Waals surface area contributed by atoms with Crippen LogP contribution in [0.25, 0.3) is 21.9 Å². The highest BCUT2D eigenvalue weighted by Crippen LogP contribution is 2.40. The van der Waals surface area contributed by atoms with Gasteiger partial charge < -0.3 is 9.88 Å². The molecule has 1 aliphatic heterocycles. The first kappa shape index (κ1) is 19.0. The molecule has 32 heavy (non-hydrogen) atoms. The number of para-hydroxylation sites is 1. The molecule has 0 unspecified atom stereocenters. The van der Waals surface area contributed by atoms with Crippen molar-refractivity contribution in [3.05, 3.63) is 73.7 Å². The lowest BCUT2D eigenvalue weighted by molar-refractivity contribution is 0.0736. The molecule has 0 spiro atoms. The van der Waals surface area contributed by atoms with Gasteiger partial charge in [0.05, 0.1) is 10.9 Å². The number of fused-ring (bicyclic) bond motifs is 4. The zero-order valence-corrected chi connectivity index (χ0v) is 17.8. The molecule has 2 aliphatic rings. The van der Waals surface area contributed by atoms with Crippen LogP contribution in [0.4, 0.5) is 0 Å². The maximum atomic E-state index is 13.8. The molecule has 0 saturated heterocycles. The molecule has 1 saturated carbocycles. The fourth-order valence-electron chi connectivity index (χ4n) is 4.85. The molecule has 8 nitrogen and oxygen atoms in total. The number of nitrogens with zero attached hydrogens (tertiary/aromatic N) is 3. The minimum Gasteiger partial charge on any atom is -0.358 e. The first-order valence-corrected chi connectivity index (χ1v) is 11.1. The van der Waals surface area contributed by atoms with Gasteiger partial charge in [0.1, 0.15) is 0 Å². The monoisotopic (exact) mass is 429 g/mol. The number of benzene rings is 1. The van der Waals surface area contributed by atoms with Crippen LogP contribution in [0.1, 0.15) is 53.0 Å². The average Bonchev–Trinajstić information content (AvgIpc) is 3.58. The number of carbonyl (C=O) groups excluding carboxylic acids is 1. The normalized spacial score (nSPS) is 16.0. The Morgan fingerprint density at radius 3 is 2.78 bits per heavy atom. The van der Waals surface area contributed by atoms with E-state index in [1.165, 1.54) is 4.57 Å². The van der Waals surface area contributed by atoms with E-state index in [9.17, 15) is 14.4 Å². The van der Waals surface area contributed by atoms with E-state index in [1.54, 1.807) is 11.0 Å². The molecule has 2 N–H and O–H groups in total. The van der Waals surface area contributed by atoms with Crippen molar-refractivity contribution >= 4 is 27.8 Å². The van der Waals surface area contributed by atoms with Gasteiger partial charge in [-0.25, -0.2) is 9.78 Å². The van der Waals surface area contributed by atoms with Gasteiger partial charge in [-0.2, -0.15) is 0 Å². The first-order valence-electron chi connectivity index (χ1n) is 11.1. The largest absolute Gasteiger partial charge is 0.358 e. The van der Waals surface area contributed by atoms with Crippen molar-refractivity contribution in [2.24, 2.45) is 0 Å². The van der Waals surface area contributed by atoms with Crippen molar-refractivity contribution in [1.29, 1.82) is 0 Å². The minimum absolute atomic E-state index is 0.193. The summed E-state index contributed by atoms with van der Waals surface area (Å²) in [5.41, 5.74) is 3.73. The summed E-state index contributed by atoms with van der Waals surface area (Å²) in [6.07, 6.45) is 2.74. The van der Waals surface area contributed by atoms with Crippen LogP contribution in [-0.2, 0) is 19.5 Å². The third-order valence-electron chi connectivity index (χ3n) is 6.68. The highest BCUT2D eigenvalue weighted by Gasteiger charge is 2.31. The number of carbonyl (C=O) groups is 1. The van der Waals surface area contributed by atoms with E-state index in [4.69, 9.17) is 0 Å². The highest BCUT2D eigenvalue weighted by molar-refractivity contribution is 6.05. The molecule has 4 aromatic rings. The number of pyridine rings is 1. The molecular weight excluding hydrogens is 406 g/mol. The minimum atomic E-state index is -0.558. The van der Waals surface area contributed by atoms with E-state index in [2.05, 4.69) is 21.0 Å². The number of hydrogen-bond donors (Lipinski definition) is 2. The Morgan fingerprint density at radius 2 is 2.00 bits per heavy atom. The molecule has 3 aromatic heterocycles. The standard InChI is InChI=1S/C24H23N5O3/c1-2-29-21-20(22(30)27-24(29)32)15(11-19(26-21)13-7-8-13)23(31)28-10-9-18-16(12-28)14-5-3-4-6-17(14)25-18/h3-6,11,13,25H,2,7-10,12H2,1H3,(H,27,30,32). The van der Waals surface area contributed by atoms with Crippen LogP contribution in [0.5, 0.6) is 0 Å². The van der Waals surface area contributed by atoms with Crippen molar-refractivity contribution in [2.75, 3.05) is 6.54 Å². The number of aromatic amines is 2. The maximum absolute atomic E-state index is 13.8. The molecule has 0 atom stereocenters. The van der Waals surface area contributed by atoms with Crippen molar-refractivity contribution in [2.45, 2.75) is 45.2 Å².